The first-order valence-corrected chi connectivity index (χ1v) is 7.30. The summed E-state index contributed by atoms with van der Waals surface area (Å²) in [5, 5.41) is 3.01. The van der Waals surface area contributed by atoms with Crippen LogP contribution in [0, 0.1) is 5.92 Å². The molecule has 0 aliphatic carbocycles. The van der Waals surface area contributed by atoms with E-state index < -0.39 is 0 Å². The van der Waals surface area contributed by atoms with Crippen molar-refractivity contribution in [1.29, 1.82) is 0 Å². The molecule has 0 bridgehead atoms. The molecule has 1 aromatic carbocycles. The quantitative estimate of drug-likeness (QED) is 0.917. The summed E-state index contributed by atoms with van der Waals surface area (Å²) in [6.07, 6.45) is 2.09. The van der Waals surface area contributed by atoms with Gasteiger partial charge < -0.3 is 15.0 Å². The largest absolute Gasteiger partial charge is 0.497 e. The highest BCUT2D eigenvalue weighted by molar-refractivity contribution is 5.75. The number of nitrogens with one attached hydrogen (secondary N) is 1. The van der Waals surface area contributed by atoms with Crippen molar-refractivity contribution < 1.29 is 9.53 Å². The molecule has 1 N–H and O–H groups in total. The maximum absolute atomic E-state index is 12.2. The normalized spacial score (nSPS) is 18.4. The van der Waals surface area contributed by atoms with Crippen LogP contribution < -0.4 is 10.1 Å². The van der Waals surface area contributed by atoms with Crippen LogP contribution in [0.3, 0.4) is 0 Å². The first-order valence-electron chi connectivity index (χ1n) is 7.30. The van der Waals surface area contributed by atoms with E-state index in [0.717, 1.165) is 31.7 Å². The van der Waals surface area contributed by atoms with Gasteiger partial charge in [0.25, 0.3) is 0 Å². The van der Waals surface area contributed by atoms with Gasteiger partial charge >= 0.3 is 6.03 Å². The molecule has 0 radical (unpaired) electrons. The van der Waals surface area contributed by atoms with E-state index in [1.807, 2.05) is 17.0 Å². The summed E-state index contributed by atoms with van der Waals surface area (Å²) in [5.41, 5.74) is 1.18. The van der Waals surface area contributed by atoms with E-state index in [-0.39, 0.29) is 12.1 Å². The highest BCUT2D eigenvalue weighted by atomic mass is 16.5. The molecular weight excluding hydrogens is 252 g/mol. The second-order valence-electron chi connectivity index (χ2n) is 5.70. The first kappa shape index (κ1) is 14.7. The zero-order valence-corrected chi connectivity index (χ0v) is 12.6. The third-order valence-corrected chi connectivity index (χ3v) is 3.68. The van der Waals surface area contributed by atoms with E-state index in [4.69, 9.17) is 4.74 Å². The number of carbonyl (C=O) groups excluding carboxylic acids is 1. The maximum atomic E-state index is 12.2. The Labute approximate surface area is 121 Å². The minimum atomic E-state index is 0.0528. The van der Waals surface area contributed by atoms with E-state index in [0.29, 0.717) is 5.92 Å². The maximum Gasteiger partial charge on any atom is 0.317 e. The number of ether oxygens (including phenoxy) is 1. The van der Waals surface area contributed by atoms with Crippen molar-refractivity contribution in [2.75, 3.05) is 20.2 Å². The molecule has 0 aromatic heterocycles. The van der Waals surface area contributed by atoms with Gasteiger partial charge in [0.05, 0.1) is 13.2 Å². The Morgan fingerprint density at radius 3 is 2.70 bits per heavy atom. The number of likely N-dealkylation sites (tertiary alicyclic amines) is 1. The van der Waals surface area contributed by atoms with E-state index in [1.54, 1.807) is 7.11 Å². The summed E-state index contributed by atoms with van der Waals surface area (Å²) >= 11 is 0. The predicted molar refractivity (Wildman–Crippen MR) is 79.9 cm³/mol. The molecule has 4 nitrogen and oxygen atoms in total. The molecule has 1 aliphatic heterocycles. The zero-order valence-electron chi connectivity index (χ0n) is 12.6. The fraction of sp³-hybridized carbons (Fsp3) is 0.562. The summed E-state index contributed by atoms with van der Waals surface area (Å²) in [6, 6.07) is 8.26. The van der Waals surface area contributed by atoms with E-state index in [2.05, 4.69) is 31.3 Å². The van der Waals surface area contributed by atoms with Crippen LogP contribution in [0.1, 0.15) is 38.3 Å². The topological polar surface area (TPSA) is 41.6 Å². The molecule has 1 aromatic rings. The second kappa shape index (κ2) is 6.64. The van der Waals surface area contributed by atoms with E-state index in [1.165, 1.54) is 5.56 Å². The molecule has 0 spiro atoms. The molecule has 4 heteroatoms. The van der Waals surface area contributed by atoms with Crippen molar-refractivity contribution in [2.24, 2.45) is 5.92 Å². The fourth-order valence-corrected chi connectivity index (χ4v) is 2.58. The molecule has 1 heterocycles. The molecule has 2 rings (SSSR count). The molecule has 1 atom stereocenters. The number of hydrogen-bond donors (Lipinski definition) is 1. The molecule has 1 saturated heterocycles. The SMILES string of the molecule is COc1ccc([C@@H]2CCCN2C(=O)NCC(C)C)cc1. The summed E-state index contributed by atoms with van der Waals surface area (Å²) in [5.74, 6) is 1.32. The van der Waals surface area contributed by atoms with Gasteiger partial charge in [0, 0.05) is 13.1 Å². The molecular formula is C16H24N2O2. The minimum absolute atomic E-state index is 0.0528. The van der Waals surface area contributed by atoms with Crippen LogP contribution in [0.4, 0.5) is 4.79 Å². The zero-order chi connectivity index (χ0) is 14.5. The monoisotopic (exact) mass is 276 g/mol. The van der Waals surface area contributed by atoms with Crippen molar-refractivity contribution in [3.63, 3.8) is 0 Å². The van der Waals surface area contributed by atoms with Crippen LogP contribution in [-0.4, -0.2) is 31.1 Å². The van der Waals surface area contributed by atoms with Crippen LogP contribution in [0.2, 0.25) is 0 Å². The third-order valence-electron chi connectivity index (χ3n) is 3.68. The van der Waals surface area contributed by atoms with Gasteiger partial charge in [-0.3, -0.25) is 0 Å². The van der Waals surface area contributed by atoms with Gasteiger partial charge in [-0.2, -0.15) is 0 Å². The van der Waals surface area contributed by atoms with Crippen molar-refractivity contribution in [1.82, 2.24) is 10.2 Å². The third kappa shape index (κ3) is 3.44. The molecule has 110 valence electrons. The number of nitrogens with zero attached hydrogens (tertiary/aromatic N) is 1. The highest BCUT2D eigenvalue weighted by Crippen LogP contribution is 2.32. The Kier molecular flexibility index (Phi) is 4.88. The Hall–Kier alpha value is -1.71. The molecule has 0 saturated carbocycles. The standard InChI is InChI=1S/C16H24N2O2/c1-12(2)11-17-16(19)18-10-4-5-15(18)13-6-8-14(20-3)9-7-13/h6-9,12,15H,4-5,10-11H2,1-3H3,(H,17,19)/t15-/m0/s1. The molecule has 20 heavy (non-hydrogen) atoms. The van der Waals surface area contributed by atoms with E-state index >= 15 is 0 Å². The number of hydrogen-bond acceptors (Lipinski definition) is 2. The summed E-state index contributed by atoms with van der Waals surface area (Å²) in [6.45, 7) is 5.77. The van der Waals surface area contributed by atoms with E-state index in [9.17, 15) is 4.79 Å². The number of benzene rings is 1. The summed E-state index contributed by atoms with van der Waals surface area (Å²) in [7, 11) is 1.66. The van der Waals surface area contributed by atoms with Crippen LogP contribution in [-0.2, 0) is 0 Å². The van der Waals surface area contributed by atoms with Crippen molar-refractivity contribution in [3.05, 3.63) is 29.8 Å². The van der Waals surface area contributed by atoms with Gasteiger partial charge in [-0.15, -0.1) is 0 Å². The van der Waals surface area contributed by atoms with Crippen molar-refractivity contribution in [3.8, 4) is 5.75 Å². The smallest absolute Gasteiger partial charge is 0.317 e. The average Bonchev–Trinajstić information content (AvgIpc) is 2.94. The van der Waals surface area contributed by atoms with Crippen LogP contribution in [0.15, 0.2) is 24.3 Å². The van der Waals surface area contributed by atoms with Gasteiger partial charge in [-0.25, -0.2) is 4.79 Å². The second-order valence-corrected chi connectivity index (χ2v) is 5.70. The van der Waals surface area contributed by atoms with Crippen molar-refractivity contribution >= 4 is 6.03 Å². The predicted octanol–water partition coefficient (Wildman–Crippen LogP) is 3.20. The molecule has 1 aliphatic rings. The Morgan fingerprint density at radius 1 is 1.40 bits per heavy atom. The lowest BCUT2D eigenvalue weighted by Gasteiger charge is -2.26. The highest BCUT2D eigenvalue weighted by Gasteiger charge is 2.29. The van der Waals surface area contributed by atoms with Crippen LogP contribution in [0.5, 0.6) is 5.75 Å². The summed E-state index contributed by atoms with van der Waals surface area (Å²) < 4.78 is 5.18. The lowest BCUT2D eigenvalue weighted by atomic mass is 10.0. The number of rotatable bonds is 4. The van der Waals surface area contributed by atoms with Gasteiger partial charge in [0.1, 0.15) is 5.75 Å². The molecule has 0 unspecified atom stereocenters. The Balaban J connectivity index is 2.04. The number of amides is 2. The fourth-order valence-electron chi connectivity index (χ4n) is 2.58. The van der Waals surface area contributed by atoms with Crippen LogP contribution >= 0.6 is 0 Å². The van der Waals surface area contributed by atoms with Gasteiger partial charge in [-0.1, -0.05) is 26.0 Å². The number of carbonyl (C=O) groups is 1. The molecule has 1 fully saturated rings. The lowest BCUT2D eigenvalue weighted by molar-refractivity contribution is 0.191. The van der Waals surface area contributed by atoms with Crippen LogP contribution in [0.25, 0.3) is 0 Å². The summed E-state index contributed by atoms with van der Waals surface area (Å²) in [4.78, 5) is 14.2. The number of methoxy groups -OCH3 is 1. The van der Waals surface area contributed by atoms with Gasteiger partial charge in [0.15, 0.2) is 0 Å². The number of urea groups is 1. The van der Waals surface area contributed by atoms with Crippen molar-refractivity contribution in [2.45, 2.75) is 32.7 Å². The Morgan fingerprint density at radius 2 is 2.10 bits per heavy atom. The van der Waals surface area contributed by atoms with Gasteiger partial charge in [-0.05, 0) is 36.5 Å². The molecule has 2 amide bonds. The minimum Gasteiger partial charge on any atom is -0.497 e. The lowest BCUT2D eigenvalue weighted by Crippen LogP contribution is -2.40. The average molecular weight is 276 g/mol. The Bertz CT molecular complexity index is 442. The van der Waals surface area contributed by atoms with Gasteiger partial charge in [0.2, 0.25) is 0 Å². The first-order chi connectivity index (χ1) is 9.61.